The summed E-state index contributed by atoms with van der Waals surface area (Å²) in [6.07, 6.45) is 0. The number of thiophene rings is 1. The van der Waals surface area contributed by atoms with Gasteiger partial charge in [0, 0.05) is 11.5 Å². The van der Waals surface area contributed by atoms with Crippen LogP contribution in [0.25, 0.3) is 20.3 Å². The van der Waals surface area contributed by atoms with Crippen LogP contribution in [0.1, 0.15) is 10.6 Å². The van der Waals surface area contributed by atoms with E-state index in [9.17, 15) is 8.42 Å². The van der Waals surface area contributed by atoms with Gasteiger partial charge in [-0.15, -0.1) is 22.7 Å². The summed E-state index contributed by atoms with van der Waals surface area (Å²) in [6, 6.07) is 11.2. The van der Waals surface area contributed by atoms with Crippen LogP contribution in [-0.4, -0.2) is 13.4 Å². The molecule has 2 heterocycles. The predicted octanol–water partition coefficient (Wildman–Crippen LogP) is 4.46. The van der Waals surface area contributed by atoms with Crippen molar-refractivity contribution in [1.29, 1.82) is 5.26 Å². The minimum atomic E-state index is -4.04. The van der Waals surface area contributed by atoms with E-state index in [4.69, 9.17) is 9.44 Å². The summed E-state index contributed by atoms with van der Waals surface area (Å²) in [4.78, 5) is 4.47. The first-order chi connectivity index (χ1) is 12.0. The Kier molecular flexibility index (Phi) is 3.72. The Balaban J connectivity index is 1.86. The predicted molar refractivity (Wildman–Crippen MR) is 98.7 cm³/mol. The Bertz CT molecular complexity index is 1260. The molecule has 0 aliphatic rings. The Hall–Kier alpha value is -2.47. The van der Waals surface area contributed by atoms with E-state index < -0.39 is 10.1 Å². The molecule has 0 fully saturated rings. The topological polar surface area (TPSA) is 80.0 Å². The second kappa shape index (κ2) is 5.81. The molecule has 0 aliphatic heterocycles. The van der Waals surface area contributed by atoms with Crippen molar-refractivity contribution in [2.75, 3.05) is 0 Å². The molecule has 4 aromatic rings. The highest BCUT2D eigenvalue weighted by atomic mass is 32.2. The monoisotopic (exact) mass is 386 g/mol. The summed E-state index contributed by atoms with van der Waals surface area (Å²) in [6.45, 7) is 1.91. The van der Waals surface area contributed by atoms with Gasteiger partial charge in [-0.2, -0.15) is 13.7 Å². The van der Waals surface area contributed by atoms with E-state index in [0.29, 0.717) is 5.39 Å². The number of hydrogen-bond acceptors (Lipinski definition) is 7. The number of thiazole rings is 1. The number of benzene rings is 2. The third-order valence-corrected chi connectivity index (χ3v) is 6.69. The molecule has 0 aliphatic carbocycles. The largest absolute Gasteiger partial charge is 0.378 e. The maximum absolute atomic E-state index is 12.6. The van der Waals surface area contributed by atoms with Gasteiger partial charge in [-0.25, -0.2) is 4.98 Å². The van der Waals surface area contributed by atoms with Gasteiger partial charge in [-0.3, -0.25) is 0 Å². The van der Waals surface area contributed by atoms with E-state index in [0.717, 1.165) is 19.9 Å². The maximum Gasteiger partial charge on any atom is 0.339 e. The second-order valence-corrected chi connectivity index (χ2v) is 8.99. The molecule has 0 radical (unpaired) electrons. The van der Waals surface area contributed by atoms with Crippen LogP contribution in [0.2, 0.25) is 0 Å². The summed E-state index contributed by atoms with van der Waals surface area (Å²) >= 11 is 2.99. The van der Waals surface area contributed by atoms with Crippen molar-refractivity contribution in [3.63, 3.8) is 0 Å². The molecular formula is C17H10N2O3S3. The van der Waals surface area contributed by atoms with Crippen molar-refractivity contribution in [1.82, 2.24) is 4.98 Å². The van der Waals surface area contributed by atoms with Crippen LogP contribution in [-0.2, 0) is 10.1 Å². The molecule has 0 saturated heterocycles. The van der Waals surface area contributed by atoms with Crippen molar-refractivity contribution >= 4 is 53.1 Å². The van der Waals surface area contributed by atoms with Crippen LogP contribution in [0.5, 0.6) is 5.75 Å². The van der Waals surface area contributed by atoms with Crippen LogP contribution >= 0.6 is 22.7 Å². The van der Waals surface area contributed by atoms with Crippen molar-refractivity contribution in [3.8, 4) is 11.8 Å². The lowest BCUT2D eigenvalue weighted by molar-refractivity contribution is 0.489. The van der Waals surface area contributed by atoms with Gasteiger partial charge in [0.2, 0.25) is 0 Å². The molecule has 0 unspecified atom stereocenters. The van der Waals surface area contributed by atoms with Gasteiger partial charge in [0.15, 0.2) is 5.75 Å². The number of aryl methyl sites for hydroxylation is 1. The molecule has 2 aromatic heterocycles. The zero-order chi connectivity index (χ0) is 17.6. The number of fused-ring (bicyclic) bond motifs is 3. The SMILES string of the molecule is Cc1nc2c(cc(OS(=O)(=O)c3cccc(C#N)c3)c3ccsc32)s1. The lowest BCUT2D eigenvalue weighted by Crippen LogP contribution is -2.10. The summed E-state index contributed by atoms with van der Waals surface area (Å²) in [5, 5.41) is 12.5. The van der Waals surface area contributed by atoms with E-state index in [-0.39, 0.29) is 16.2 Å². The smallest absolute Gasteiger partial charge is 0.339 e. The van der Waals surface area contributed by atoms with Gasteiger partial charge >= 0.3 is 10.1 Å². The minimum absolute atomic E-state index is 0.0458. The third-order valence-electron chi connectivity index (χ3n) is 3.62. The van der Waals surface area contributed by atoms with Crippen LogP contribution in [0.3, 0.4) is 0 Å². The zero-order valence-corrected chi connectivity index (χ0v) is 15.3. The van der Waals surface area contributed by atoms with Crippen molar-refractivity contribution < 1.29 is 12.6 Å². The molecule has 5 nitrogen and oxygen atoms in total. The number of nitriles is 1. The van der Waals surface area contributed by atoms with Crippen LogP contribution in [0.4, 0.5) is 0 Å². The first-order valence-electron chi connectivity index (χ1n) is 7.20. The van der Waals surface area contributed by atoms with Gasteiger partial charge < -0.3 is 4.18 Å². The highest BCUT2D eigenvalue weighted by Crippen LogP contribution is 2.39. The van der Waals surface area contributed by atoms with Crippen LogP contribution in [0, 0.1) is 18.3 Å². The van der Waals surface area contributed by atoms with Gasteiger partial charge in [0.05, 0.1) is 31.6 Å². The van der Waals surface area contributed by atoms with Crippen molar-refractivity contribution in [3.05, 3.63) is 52.3 Å². The molecule has 2 aromatic carbocycles. The Labute approximate surface area is 151 Å². The van der Waals surface area contributed by atoms with Crippen molar-refractivity contribution in [2.24, 2.45) is 0 Å². The van der Waals surface area contributed by atoms with E-state index in [1.54, 1.807) is 12.1 Å². The maximum atomic E-state index is 12.6. The van der Waals surface area contributed by atoms with Gasteiger partial charge in [-0.1, -0.05) is 6.07 Å². The highest BCUT2D eigenvalue weighted by molar-refractivity contribution is 7.87. The van der Waals surface area contributed by atoms with E-state index >= 15 is 0 Å². The highest BCUT2D eigenvalue weighted by Gasteiger charge is 2.21. The lowest BCUT2D eigenvalue weighted by atomic mass is 10.2. The number of nitrogens with zero attached hydrogens (tertiary/aromatic N) is 2. The lowest BCUT2D eigenvalue weighted by Gasteiger charge is -2.08. The fourth-order valence-corrected chi connectivity index (χ4v) is 5.36. The summed E-state index contributed by atoms with van der Waals surface area (Å²) in [7, 11) is -4.04. The average Bonchev–Trinajstić information content (AvgIpc) is 3.20. The standard InChI is InChI=1S/C17H10N2O3S3/c1-10-19-16-15(24-10)8-14(13-5-6-23-17(13)16)22-25(20,21)12-4-2-3-11(7-12)9-18/h2-8H,1H3. The molecule has 25 heavy (non-hydrogen) atoms. The number of hydrogen-bond donors (Lipinski definition) is 0. The van der Waals surface area contributed by atoms with Gasteiger partial charge in [-0.05, 0) is 36.6 Å². The van der Waals surface area contributed by atoms with E-state index in [1.807, 2.05) is 24.4 Å². The molecule has 0 spiro atoms. The fraction of sp³-hybridized carbons (Fsp3) is 0.0588. The first-order valence-corrected chi connectivity index (χ1v) is 10.3. The molecule has 8 heteroatoms. The normalized spacial score (nSPS) is 11.7. The van der Waals surface area contributed by atoms with Gasteiger partial charge in [0.1, 0.15) is 4.90 Å². The van der Waals surface area contributed by atoms with Crippen molar-refractivity contribution in [2.45, 2.75) is 11.8 Å². The molecule has 0 saturated carbocycles. The zero-order valence-electron chi connectivity index (χ0n) is 12.9. The first kappa shape index (κ1) is 16.0. The Morgan fingerprint density at radius 1 is 1.24 bits per heavy atom. The second-order valence-electron chi connectivity index (χ2n) is 5.29. The molecular weight excluding hydrogens is 376 g/mol. The Morgan fingerprint density at radius 3 is 2.88 bits per heavy atom. The van der Waals surface area contributed by atoms with E-state index in [1.165, 1.54) is 40.9 Å². The molecule has 0 amide bonds. The van der Waals surface area contributed by atoms with Crippen LogP contribution in [0.15, 0.2) is 46.7 Å². The van der Waals surface area contributed by atoms with E-state index in [2.05, 4.69) is 4.98 Å². The quantitative estimate of drug-likeness (QED) is 0.486. The molecule has 124 valence electrons. The van der Waals surface area contributed by atoms with Gasteiger partial charge in [0.25, 0.3) is 0 Å². The molecule has 0 N–H and O–H groups in total. The van der Waals surface area contributed by atoms with Crippen LogP contribution < -0.4 is 4.18 Å². The number of aromatic nitrogens is 1. The molecule has 4 rings (SSSR count). The number of rotatable bonds is 3. The summed E-state index contributed by atoms with van der Waals surface area (Å²) in [5.41, 5.74) is 1.13. The Morgan fingerprint density at radius 2 is 2.08 bits per heavy atom. The summed E-state index contributed by atoms with van der Waals surface area (Å²) < 4.78 is 32.5. The summed E-state index contributed by atoms with van der Waals surface area (Å²) in [5.74, 6) is 0.273. The third kappa shape index (κ3) is 2.76. The average molecular weight is 386 g/mol. The molecule has 0 atom stereocenters. The molecule has 0 bridgehead atoms. The minimum Gasteiger partial charge on any atom is -0.378 e. The fourth-order valence-electron chi connectivity index (χ4n) is 2.54.